The van der Waals surface area contributed by atoms with Crippen molar-refractivity contribution < 1.29 is 27.6 Å². The van der Waals surface area contributed by atoms with E-state index in [1.807, 2.05) is 5.32 Å². The molecule has 1 heterocycles. The Labute approximate surface area is 129 Å². The summed E-state index contributed by atoms with van der Waals surface area (Å²) in [5.41, 5.74) is 5.76. The van der Waals surface area contributed by atoms with E-state index in [1.54, 1.807) is 6.07 Å². The predicted molar refractivity (Wildman–Crippen MR) is 74.1 cm³/mol. The van der Waals surface area contributed by atoms with Gasteiger partial charge in [-0.25, -0.2) is 0 Å². The van der Waals surface area contributed by atoms with E-state index >= 15 is 0 Å². The number of hydrogen-bond acceptors (Lipinski definition) is 4. The highest BCUT2D eigenvalue weighted by Crippen LogP contribution is 2.25. The van der Waals surface area contributed by atoms with Gasteiger partial charge in [-0.1, -0.05) is 12.1 Å². The number of hydrogen-bond donors (Lipinski definition) is 2. The fraction of sp³-hybridized carbons (Fsp3) is 0.357. The summed E-state index contributed by atoms with van der Waals surface area (Å²) in [7, 11) is 0. The van der Waals surface area contributed by atoms with E-state index in [2.05, 4.69) is 0 Å². The van der Waals surface area contributed by atoms with Crippen LogP contribution in [0.15, 0.2) is 24.3 Å². The molecule has 3 amide bonds. The molecule has 1 saturated heterocycles. The minimum Gasteiger partial charge on any atom is -0.398 e. The molecule has 1 aliphatic heterocycles. The van der Waals surface area contributed by atoms with Crippen molar-refractivity contribution in [2.24, 2.45) is 0 Å². The zero-order chi connectivity index (χ0) is 17.2. The topological polar surface area (TPSA) is 92.5 Å². The summed E-state index contributed by atoms with van der Waals surface area (Å²) in [6, 6.07) is 4.64. The number of imide groups is 1. The number of amides is 3. The predicted octanol–water partition coefficient (Wildman–Crippen LogP) is 1.08. The van der Waals surface area contributed by atoms with Crippen LogP contribution in [0.2, 0.25) is 0 Å². The zero-order valence-corrected chi connectivity index (χ0v) is 11.9. The molecule has 0 spiro atoms. The molecule has 124 valence electrons. The first-order valence-electron chi connectivity index (χ1n) is 6.79. The van der Waals surface area contributed by atoms with Crippen molar-refractivity contribution in [2.75, 3.05) is 12.3 Å². The lowest BCUT2D eigenvalue weighted by atomic mass is 10.1. The van der Waals surface area contributed by atoms with E-state index in [0.717, 1.165) is 0 Å². The van der Waals surface area contributed by atoms with Gasteiger partial charge in [0.1, 0.15) is 6.04 Å². The summed E-state index contributed by atoms with van der Waals surface area (Å²) < 4.78 is 37.5. The minimum absolute atomic E-state index is 0.0348. The highest BCUT2D eigenvalue weighted by molar-refractivity contribution is 6.09. The first-order valence-corrected chi connectivity index (χ1v) is 6.79. The van der Waals surface area contributed by atoms with Crippen molar-refractivity contribution in [1.29, 1.82) is 0 Å². The summed E-state index contributed by atoms with van der Waals surface area (Å²) in [5, 5.41) is 2.00. The van der Waals surface area contributed by atoms with Crippen molar-refractivity contribution in [3.05, 3.63) is 29.8 Å². The molecule has 6 nitrogen and oxygen atoms in total. The van der Waals surface area contributed by atoms with Crippen LogP contribution < -0.4 is 11.1 Å². The van der Waals surface area contributed by atoms with Crippen LogP contribution in [-0.2, 0) is 9.59 Å². The van der Waals surface area contributed by atoms with Crippen molar-refractivity contribution in [3.8, 4) is 0 Å². The van der Waals surface area contributed by atoms with Crippen LogP contribution in [0.25, 0.3) is 0 Å². The number of nitrogens with one attached hydrogen (secondary N) is 1. The Morgan fingerprint density at radius 3 is 2.48 bits per heavy atom. The van der Waals surface area contributed by atoms with Crippen LogP contribution in [0.4, 0.5) is 18.9 Å². The second kappa shape index (κ2) is 6.27. The lowest BCUT2D eigenvalue weighted by Gasteiger charge is -2.24. The molecule has 0 radical (unpaired) electrons. The molecule has 23 heavy (non-hydrogen) atoms. The van der Waals surface area contributed by atoms with Crippen molar-refractivity contribution >= 4 is 23.4 Å². The van der Waals surface area contributed by atoms with Gasteiger partial charge in [0, 0.05) is 12.2 Å². The van der Waals surface area contributed by atoms with E-state index in [9.17, 15) is 27.6 Å². The fourth-order valence-electron chi connectivity index (χ4n) is 2.41. The van der Waals surface area contributed by atoms with E-state index in [-0.39, 0.29) is 30.6 Å². The molecular weight excluding hydrogens is 315 g/mol. The summed E-state index contributed by atoms with van der Waals surface area (Å²) in [6.07, 6.45) is -4.75. The molecular formula is C14H14F3N3O3. The number of rotatable bonds is 2. The molecule has 2 rings (SSSR count). The fourth-order valence-corrected chi connectivity index (χ4v) is 2.41. The Morgan fingerprint density at radius 2 is 1.87 bits per heavy atom. The average molecular weight is 329 g/mol. The molecule has 1 unspecified atom stereocenters. The van der Waals surface area contributed by atoms with Crippen LogP contribution in [-0.4, -0.2) is 41.4 Å². The molecule has 1 fully saturated rings. The van der Waals surface area contributed by atoms with Crippen LogP contribution in [0.1, 0.15) is 23.2 Å². The molecule has 1 aromatic rings. The van der Waals surface area contributed by atoms with Gasteiger partial charge in [0.15, 0.2) is 0 Å². The number of benzene rings is 1. The monoisotopic (exact) mass is 329 g/mol. The standard InChI is InChI=1S/C14H14F3N3O3/c15-14(16,17)13(23)20-7-3-6-10(20)12(22)19-11(21)8-4-1-2-5-9(8)18/h1-2,4-5,10H,3,6-7,18H2,(H,19,21,22). The van der Waals surface area contributed by atoms with Gasteiger partial charge in [-0.3, -0.25) is 19.7 Å². The first kappa shape index (κ1) is 16.8. The van der Waals surface area contributed by atoms with Crippen LogP contribution in [0.3, 0.4) is 0 Å². The molecule has 1 aromatic carbocycles. The molecule has 0 aliphatic carbocycles. The summed E-state index contributed by atoms with van der Waals surface area (Å²) in [4.78, 5) is 35.8. The Balaban J connectivity index is 2.10. The number of nitrogens with two attached hydrogens (primary N) is 1. The number of para-hydroxylation sites is 1. The van der Waals surface area contributed by atoms with E-state index in [0.29, 0.717) is 4.90 Å². The SMILES string of the molecule is Nc1ccccc1C(=O)NC(=O)C1CCCN1C(=O)C(F)(F)F. The summed E-state index contributed by atoms with van der Waals surface area (Å²) in [5.74, 6) is -3.85. The number of likely N-dealkylation sites (tertiary alicyclic amines) is 1. The highest BCUT2D eigenvalue weighted by Gasteiger charge is 2.47. The third kappa shape index (κ3) is 3.61. The lowest BCUT2D eigenvalue weighted by molar-refractivity contribution is -0.186. The van der Waals surface area contributed by atoms with Gasteiger partial charge in [-0.2, -0.15) is 13.2 Å². The number of nitrogens with zero attached hydrogens (tertiary/aromatic N) is 1. The summed E-state index contributed by atoms with van der Waals surface area (Å²) in [6.45, 7) is -0.182. The third-order valence-corrected chi connectivity index (χ3v) is 3.50. The van der Waals surface area contributed by atoms with Crippen molar-refractivity contribution in [3.63, 3.8) is 0 Å². The third-order valence-electron chi connectivity index (χ3n) is 3.50. The Hall–Kier alpha value is -2.58. The van der Waals surface area contributed by atoms with Gasteiger partial charge in [-0.05, 0) is 25.0 Å². The number of carbonyl (C=O) groups excluding carboxylic acids is 3. The normalized spacial score (nSPS) is 17.9. The van der Waals surface area contributed by atoms with Gasteiger partial charge in [0.05, 0.1) is 5.56 Å². The summed E-state index contributed by atoms with van der Waals surface area (Å²) >= 11 is 0. The van der Waals surface area contributed by atoms with Gasteiger partial charge in [-0.15, -0.1) is 0 Å². The molecule has 9 heteroatoms. The highest BCUT2D eigenvalue weighted by atomic mass is 19.4. The maximum Gasteiger partial charge on any atom is 0.471 e. The Bertz CT molecular complexity index is 646. The average Bonchev–Trinajstić information content (AvgIpc) is 2.95. The Morgan fingerprint density at radius 1 is 1.22 bits per heavy atom. The molecule has 0 aromatic heterocycles. The maximum absolute atomic E-state index is 12.5. The number of anilines is 1. The Kier molecular flexibility index (Phi) is 4.57. The minimum atomic E-state index is -5.06. The van der Waals surface area contributed by atoms with Crippen molar-refractivity contribution in [1.82, 2.24) is 10.2 Å². The number of carbonyl (C=O) groups is 3. The van der Waals surface area contributed by atoms with E-state index in [4.69, 9.17) is 5.73 Å². The molecule has 0 bridgehead atoms. The molecule has 1 atom stereocenters. The van der Waals surface area contributed by atoms with Crippen LogP contribution in [0, 0.1) is 0 Å². The van der Waals surface area contributed by atoms with Crippen LogP contribution in [0.5, 0.6) is 0 Å². The quantitative estimate of drug-likeness (QED) is 0.627. The van der Waals surface area contributed by atoms with Crippen LogP contribution >= 0.6 is 0 Å². The van der Waals surface area contributed by atoms with Crippen molar-refractivity contribution in [2.45, 2.75) is 25.1 Å². The molecule has 0 saturated carbocycles. The number of halogens is 3. The van der Waals surface area contributed by atoms with Gasteiger partial charge in [0.2, 0.25) is 5.91 Å². The smallest absolute Gasteiger partial charge is 0.398 e. The lowest BCUT2D eigenvalue weighted by Crippen LogP contribution is -2.51. The van der Waals surface area contributed by atoms with E-state index < -0.39 is 29.9 Å². The second-order valence-corrected chi connectivity index (χ2v) is 5.06. The van der Waals surface area contributed by atoms with Gasteiger partial charge < -0.3 is 10.6 Å². The first-order chi connectivity index (χ1) is 10.7. The molecule has 3 N–H and O–H groups in total. The number of alkyl halides is 3. The zero-order valence-electron chi connectivity index (χ0n) is 11.9. The van der Waals surface area contributed by atoms with Gasteiger partial charge in [0.25, 0.3) is 5.91 Å². The second-order valence-electron chi connectivity index (χ2n) is 5.06. The van der Waals surface area contributed by atoms with E-state index in [1.165, 1.54) is 18.2 Å². The maximum atomic E-state index is 12.5. The largest absolute Gasteiger partial charge is 0.471 e. The van der Waals surface area contributed by atoms with Gasteiger partial charge >= 0.3 is 12.1 Å². The number of nitrogen functional groups attached to an aromatic ring is 1. The molecule has 1 aliphatic rings.